The molecule has 0 radical (unpaired) electrons. The van der Waals surface area contributed by atoms with Gasteiger partial charge >= 0.3 is 5.97 Å². The number of nitrogens with one attached hydrogen (secondary N) is 2. The number of esters is 1. The summed E-state index contributed by atoms with van der Waals surface area (Å²) in [6.07, 6.45) is 9.56. The maximum atomic E-state index is 13.9. The molecule has 47 heavy (non-hydrogen) atoms. The second-order valence-corrected chi connectivity index (χ2v) is 15.4. The Labute approximate surface area is 282 Å². The van der Waals surface area contributed by atoms with Crippen LogP contribution < -0.4 is 5.32 Å². The van der Waals surface area contributed by atoms with E-state index in [4.69, 9.17) is 19.9 Å². The zero-order chi connectivity index (χ0) is 34.1. The Morgan fingerprint density at radius 1 is 1.23 bits per heavy atom. The summed E-state index contributed by atoms with van der Waals surface area (Å²) in [6, 6.07) is 2.04. The molecule has 11 heteroatoms. The number of thioether (sulfide) groups is 1. The number of carbonyl (C=O) groups is 3. The van der Waals surface area contributed by atoms with Gasteiger partial charge in [-0.05, 0) is 106 Å². The van der Waals surface area contributed by atoms with Crippen LogP contribution in [-0.2, 0) is 23.9 Å². The first-order chi connectivity index (χ1) is 22.3. The Morgan fingerprint density at radius 2 is 1.98 bits per heavy atom. The van der Waals surface area contributed by atoms with Gasteiger partial charge in [0.25, 0.3) is 0 Å². The van der Waals surface area contributed by atoms with Crippen molar-refractivity contribution in [1.29, 1.82) is 10.7 Å². The van der Waals surface area contributed by atoms with Crippen LogP contribution in [0.5, 0.6) is 0 Å². The molecule has 7 unspecified atom stereocenters. The van der Waals surface area contributed by atoms with Crippen LogP contribution in [-0.4, -0.2) is 71.7 Å². The molecule has 7 atom stereocenters. The molecule has 0 saturated heterocycles. The van der Waals surface area contributed by atoms with E-state index in [0.717, 1.165) is 43.0 Å². The fourth-order valence-electron chi connectivity index (χ4n) is 9.24. The summed E-state index contributed by atoms with van der Waals surface area (Å²) < 4.78 is 11.2. The minimum absolute atomic E-state index is 0.0108. The van der Waals surface area contributed by atoms with Gasteiger partial charge in [0.15, 0.2) is 5.60 Å². The average molecular weight is 665 g/mol. The van der Waals surface area contributed by atoms with Crippen LogP contribution in [0.4, 0.5) is 0 Å². The summed E-state index contributed by atoms with van der Waals surface area (Å²) in [5, 5.41) is 32.2. The molecular formula is C36H48N4O6S. The zero-order valence-corrected chi connectivity index (χ0v) is 29.0. The van der Waals surface area contributed by atoms with Crippen LogP contribution in [0.3, 0.4) is 0 Å². The first-order valence-electron chi connectivity index (χ1n) is 16.8. The molecule has 0 aromatic carbocycles. The Kier molecular flexibility index (Phi) is 10.4. The van der Waals surface area contributed by atoms with Crippen molar-refractivity contribution in [2.24, 2.45) is 39.5 Å². The number of carbonyl (C=O) groups excluding carboxylic acids is 3. The Bertz CT molecular complexity index is 1490. The Hall–Kier alpha value is -3.07. The molecule has 5 aliphatic carbocycles. The van der Waals surface area contributed by atoms with Crippen LogP contribution >= 0.6 is 11.8 Å². The third kappa shape index (κ3) is 6.41. The minimum atomic E-state index is -1.36. The van der Waals surface area contributed by atoms with Crippen molar-refractivity contribution in [1.82, 2.24) is 5.32 Å². The van der Waals surface area contributed by atoms with Crippen LogP contribution in [0.25, 0.3) is 0 Å². The van der Waals surface area contributed by atoms with Gasteiger partial charge in [0.1, 0.15) is 0 Å². The number of amides is 1. The van der Waals surface area contributed by atoms with Crippen molar-refractivity contribution in [3.63, 3.8) is 0 Å². The van der Waals surface area contributed by atoms with E-state index < -0.39 is 22.5 Å². The number of methoxy groups -OCH3 is 1. The highest BCUT2D eigenvalue weighted by molar-refractivity contribution is 8.14. The molecule has 10 nitrogen and oxygen atoms in total. The number of nitriles is 1. The molecule has 4 fully saturated rings. The van der Waals surface area contributed by atoms with Crippen LogP contribution in [0.15, 0.2) is 39.6 Å². The normalized spacial score (nSPS) is 35.1. The second kappa shape index (κ2) is 13.8. The molecule has 1 amide bonds. The predicted molar refractivity (Wildman–Crippen MR) is 181 cm³/mol. The van der Waals surface area contributed by atoms with E-state index in [1.807, 2.05) is 19.9 Å². The minimum Gasteiger partial charge on any atom is -0.449 e. The number of aliphatic imine (C=N–C) groups is 1. The molecule has 0 aliphatic heterocycles. The quantitative estimate of drug-likeness (QED) is 0.119. The first kappa shape index (κ1) is 35.2. The lowest BCUT2D eigenvalue weighted by Gasteiger charge is -2.60. The lowest BCUT2D eigenvalue weighted by Crippen LogP contribution is -2.62. The number of nitrogens with zero attached hydrogens (tertiary/aromatic N) is 2. The number of aliphatic hydroxyl groups excluding tert-OH is 1. The molecule has 0 heterocycles. The van der Waals surface area contributed by atoms with Gasteiger partial charge in [0.2, 0.25) is 11.0 Å². The molecule has 254 valence electrons. The van der Waals surface area contributed by atoms with Gasteiger partial charge in [-0.2, -0.15) is 5.26 Å². The Balaban J connectivity index is 1.42. The van der Waals surface area contributed by atoms with Crippen LogP contribution in [0.2, 0.25) is 0 Å². The van der Waals surface area contributed by atoms with Crippen molar-refractivity contribution >= 4 is 40.7 Å². The highest BCUT2D eigenvalue weighted by atomic mass is 32.2. The highest BCUT2D eigenvalue weighted by Gasteiger charge is 2.71. The smallest absolute Gasteiger partial charge is 0.309 e. The standard InChI is InChI=1S/C36H48N4O6S/c1-21(31(42)39-13-14-45-5)16-22(2)40-28-17-25-8-9-26-27-10-11-36(33(44)47-15-12-37,46-32(43)23-6-7-23)35(27,4)19-29(41)30(26)34(25,3)18-24(28)20-38/h16-17,20,23,26-27,29-30,38,41H,6-11,13-15,18-19H2,1-5H3,(H,39,42)/b21-16+,38-20?,40-22?. The first-order valence-corrected chi connectivity index (χ1v) is 17.7. The maximum absolute atomic E-state index is 13.9. The van der Waals surface area contributed by atoms with Crippen molar-refractivity contribution in [2.45, 2.75) is 90.8 Å². The third-order valence-corrected chi connectivity index (χ3v) is 12.5. The lowest BCUT2D eigenvalue weighted by atomic mass is 9.45. The highest BCUT2D eigenvalue weighted by Crippen LogP contribution is 2.69. The van der Waals surface area contributed by atoms with E-state index >= 15 is 0 Å². The zero-order valence-electron chi connectivity index (χ0n) is 28.2. The number of allylic oxidation sites excluding steroid dienone is 4. The second-order valence-electron chi connectivity index (χ2n) is 14.5. The predicted octanol–water partition coefficient (Wildman–Crippen LogP) is 5.08. The van der Waals surface area contributed by atoms with Crippen LogP contribution in [0, 0.1) is 51.2 Å². The van der Waals surface area contributed by atoms with Gasteiger partial charge in [-0.25, -0.2) is 0 Å². The van der Waals surface area contributed by atoms with E-state index in [9.17, 15) is 24.8 Å². The van der Waals surface area contributed by atoms with Gasteiger partial charge in [-0.1, -0.05) is 31.2 Å². The summed E-state index contributed by atoms with van der Waals surface area (Å²) in [5.74, 6) is -0.638. The molecule has 4 saturated carbocycles. The lowest BCUT2D eigenvalue weighted by molar-refractivity contribution is -0.197. The summed E-state index contributed by atoms with van der Waals surface area (Å²) in [6.45, 7) is 8.64. The molecule has 0 aromatic rings. The monoisotopic (exact) mass is 664 g/mol. The summed E-state index contributed by atoms with van der Waals surface area (Å²) in [4.78, 5) is 44.2. The number of fused-ring (bicyclic) bond motifs is 5. The van der Waals surface area contributed by atoms with Crippen LogP contribution in [0.1, 0.15) is 79.1 Å². The largest absolute Gasteiger partial charge is 0.449 e. The molecule has 5 rings (SSSR count). The molecular weight excluding hydrogens is 616 g/mol. The molecule has 3 N–H and O–H groups in total. The van der Waals surface area contributed by atoms with E-state index in [-0.39, 0.29) is 46.4 Å². The number of hydrogen-bond donors (Lipinski definition) is 3. The number of aliphatic hydroxyl groups is 1. The van der Waals surface area contributed by atoms with E-state index in [1.165, 1.54) is 11.8 Å². The topological polar surface area (TPSA) is 162 Å². The molecule has 5 aliphatic rings. The maximum Gasteiger partial charge on any atom is 0.309 e. The van der Waals surface area contributed by atoms with Gasteiger partial charge in [-0.15, -0.1) is 0 Å². The fraction of sp³-hybridized carbons (Fsp3) is 0.667. The summed E-state index contributed by atoms with van der Waals surface area (Å²) in [5.41, 5.74) is 1.33. The molecule has 0 spiro atoms. The number of hydrogen-bond acceptors (Lipinski definition) is 10. The number of rotatable bonds is 11. The van der Waals surface area contributed by atoms with Crippen molar-refractivity contribution < 1.29 is 29.0 Å². The van der Waals surface area contributed by atoms with Gasteiger partial charge in [-0.3, -0.25) is 19.4 Å². The Morgan fingerprint density at radius 3 is 2.64 bits per heavy atom. The van der Waals surface area contributed by atoms with Crippen molar-refractivity contribution in [2.75, 3.05) is 26.0 Å². The van der Waals surface area contributed by atoms with Gasteiger partial charge in [0, 0.05) is 36.6 Å². The summed E-state index contributed by atoms with van der Waals surface area (Å²) >= 11 is 0.924. The van der Waals surface area contributed by atoms with Crippen molar-refractivity contribution in [3.8, 4) is 6.07 Å². The number of ether oxygens (including phenoxy) is 2. The van der Waals surface area contributed by atoms with Gasteiger partial charge in [0.05, 0.1) is 36.1 Å². The fourth-order valence-corrected chi connectivity index (χ4v) is 10.0. The third-order valence-electron chi connectivity index (χ3n) is 11.6. The summed E-state index contributed by atoms with van der Waals surface area (Å²) in [7, 11) is 1.58. The van der Waals surface area contributed by atoms with Gasteiger partial charge < -0.3 is 25.3 Å². The molecule has 0 bridgehead atoms. The van der Waals surface area contributed by atoms with E-state index in [1.54, 1.807) is 20.1 Å². The van der Waals surface area contributed by atoms with E-state index in [0.29, 0.717) is 55.8 Å². The van der Waals surface area contributed by atoms with Crippen molar-refractivity contribution in [3.05, 3.63) is 34.6 Å². The molecule has 0 aromatic heterocycles. The average Bonchev–Trinajstić information content (AvgIpc) is 3.84. The SMILES string of the molecule is COCCNC(=O)/C(C)=C/C(C)=NC1=C(C=N)CC2(C)C(=C1)CCC1C2C(O)CC2(C)C1CCC2(OC(=O)C1CC1)C(=O)SCC#N. The van der Waals surface area contributed by atoms with E-state index in [2.05, 4.69) is 18.3 Å².